The molecule has 0 saturated heterocycles. The van der Waals surface area contributed by atoms with Crippen LogP contribution in [0.5, 0.6) is 0 Å². The molecule has 0 spiro atoms. The van der Waals surface area contributed by atoms with Crippen molar-refractivity contribution in [1.82, 2.24) is 4.90 Å². The van der Waals surface area contributed by atoms with Gasteiger partial charge in [-0.1, -0.05) is 6.07 Å². The van der Waals surface area contributed by atoms with E-state index in [4.69, 9.17) is 4.42 Å². The van der Waals surface area contributed by atoms with Gasteiger partial charge in [0.05, 0.1) is 19.4 Å². The minimum atomic E-state index is -0.319. The molecule has 0 aliphatic carbocycles. The third kappa shape index (κ3) is 3.17. The predicted molar refractivity (Wildman–Crippen MR) is 82.0 cm³/mol. The molecule has 5 nitrogen and oxygen atoms in total. The molecule has 0 aliphatic heterocycles. The normalized spacial score (nSPS) is 10.5. The first kappa shape index (κ1) is 14.3. The average molecular weight is 314 g/mol. The molecule has 3 aromatic rings. The van der Waals surface area contributed by atoms with E-state index < -0.39 is 0 Å². The maximum absolute atomic E-state index is 12.7. The lowest BCUT2D eigenvalue weighted by Gasteiger charge is -2.20. The van der Waals surface area contributed by atoms with Crippen LogP contribution >= 0.6 is 11.3 Å². The van der Waals surface area contributed by atoms with Crippen LogP contribution < -0.4 is 4.73 Å². The maximum Gasteiger partial charge on any atom is 0.320 e. The summed E-state index contributed by atoms with van der Waals surface area (Å²) in [5.74, 6) is 0.360. The number of furan rings is 1. The quantitative estimate of drug-likeness (QED) is 0.537. The van der Waals surface area contributed by atoms with Crippen molar-refractivity contribution in [3.63, 3.8) is 0 Å². The van der Waals surface area contributed by atoms with Gasteiger partial charge in [-0.05, 0) is 29.6 Å². The van der Waals surface area contributed by atoms with Crippen LogP contribution in [0, 0.1) is 5.21 Å². The number of carbonyl (C=O) groups is 1. The average Bonchev–Trinajstić information content (AvgIpc) is 3.20. The molecule has 22 heavy (non-hydrogen) atoms. The van der Waals surface area contributed by atoms with E-state index in [0.29, 0.717) is 23.6 Å². The summed E-state index contributed by atoms with van der Waals surface area (Å²) in [5.41, 5.74) is 0.102. The van der Waals surface area contributed by atoms with Crippen molar-refractivity contribution in [3.05, 3.63) is 81.8 Å². The Kier molecular flexibility index (Phi) is 4.20. The third-order valence-electron chi connectivity index (χ3n) is 3.18. The molecule has 6 heteroatoms. The topological polar surface area (TPSA) is 60.4 Å². The van der Waals surface area contributed by atoms with E-state index in [-0.39, 0.29) is 11.6 Å². The number of carbonyl (C=O) groups excluding carboxylic acids is 1. The molecule has 0 fully saturated rings. The fourth-order valence-corrected chi connectivity index (χ4v) is 2.86. The van der Waals surface area contributed by atoms with Gasteiger partial charge in [-0.3, -0.25) is 4.79 Å². The van der Waals surface area contributed by atoms with Crippen LogP contribution in [0.3, 0.4) is 0 Å². The van der Waals surface area contributed by atoms with E-state index in [1.54, 1.807) is 40.7 Å². The second-order valence-electron chi connectivity index (χ2n) is 4.73. The van der Waals surface area contributed by atoms with Gasteiger partial charge in [0.1, 0.15) is 5.76 Å². The Hall–Kier alpha value is -2.60. The zero-order valence-corrected chi connectivity index (χ0v) is 12.5. The van der Waals surface area contributed by atoms with Crippen molar-refractivity contribution in [3.8, 4) is 0 Å². The first-order valence-electron chi connectivity index (χ1n) is 6.76. The fourth-order valence-electron chi connectivity index (χ4n) is 2.14. The molecule has 3 rings (SSSR count). The van der Waals surface area contributed by atoms with Crippen LogP contribution in [-0.2, 0) is 13.1 Å². The fraction of sp³-hybridized carbons (Fsp3) is 0.125. The van der Waals surface area contributed by atoms with E-state index in [1.165, 1.54) is 12.3 Å². The Labute approximate surface area is 131 Å². The van der Waals surface area contributed by atoms with E-state index in [2.05, 4.69) is 0 Å². The second kappa shape index (κ2) is 6.44. The number of nitrogens with zero attached hydrogens (tertiary/aromatic N) is 2. The second-order valence-corrected chi connectivity index (χ2v) is 5.76. The SMILES string of the molecule is O=C(c1cccc[n+]1[O-])N(Cc1ccco1)Cc1cccs1. The Morgan fingerprint density at radius 3 is 2.77 bits per heavy atom. The Bertz CT molecular complexity index is 702. The van der Waals surface area contributed by atoms with E-state index >= 15 is 0 Å². The lowest BCUT2D eigenvalue weighted by atomic mass is 10.2. The molecule has 0 bridgehead atoms. The molecule has 112 valence electrons. The summed E-state index contributed by atoms with van der Waals surface area (Å²) in [6.45, 7) is 0.755. The van der Waals surface area contributed by atoms with Crippen molar-refractivity contribution in [2.75, 3.05) is 0 Å². The summed E-state index contributed by atoms with van der Waals surface area (Å²) in [4.78, 5) is 15.3. The van der Waals surface area contributed by atoms with Gasteiger partial charge in [-0.2, -0.15) is 4.73 Å². The molecular weight excluding hydrogens is 300 g/mol. The van der Waals surface area contributed by atoms with Gasteiger partial charge in [0.15, 0.2) is 6.20 Å². The van der Waals surface area contributed by atoms with Crippen LogP contribution in [0.1, 0.15) is 21.1 Å². The zero-order chi connectivity index (χ0) is 15.4. The summed E-state index contributed by atoms with van der Waals surface area (Å²) >= 11 is 1.57. The van der Waals surface area contributed by atoms with Gasteiger partial charge in [-0.25, -0.2) is 0 Å². The predicted octanol–water partition coefficient (Wildman–Crippen LogP) is 2.82. The first-order chi connectivity index (χ1) is 10.7. The summed E-state index contributed by atoms with van der Waals surface area (Å²) in [7, 11) is 0. The van der Waals surface area contributed by atoms with E-state index in [0.717, 1.165) is 4.88 Å². The number of thiophene rings is 1. The van der Waals surface area contributed by atoms with Crippen LogP contribution in [-0.4, -0.2) is 10.8 Å². The molecule has 0 aliphatic rings. The van der Waals surface area contributed by atoms with Crippen molar-refractivity contribution in [1.29, 1.82) is 0 Å². The third-order valence-corrected chi connectivity index (χ3v) is 4.05. The molecule has 0 unspecified atom stereocenters. The van der Waals surface area contributed by atoms with E-state index in [1.807, 2.05) is 23.6 Å². The van der Waals surface area contributed by atoms with E-state index in [9.17, 15) is 10.0 Å². The lowest BCUT2D eigenvalue weighted by molar-refractivity contribution is -0.608. The molecule has 0 radical (unpaired) electrons. The van der Waals surface area contributed by atoms with Gasteiger partial charge in [0.2, 0.25) is 0 Å². The lowest BCUT2D eigenvalue weighted by Crippen LogP contribution is -2.40. The monoisotopic (exact) mass is 314 g/mol. The summed E-state index contributed by atoms with van der Waals surface area (Å²) < 4.78 is 5.91. The Morgan fingerprint density at radius 1 is 1.18 bits per heavy atom. The molecule has 0 aromatic carbocycles. The summed E-state index contributed by atoms with van der Waals surface area (Å²) in [6.07, 6.45) is 2.89. The molecule has 0 saturated carbocycles. The van der Waals surface area contributed by atoms with Crippen molar-refractivity contribution in [2.24, 2.45) is 0 Å². The van der Waals surface area contributed by atoms with Crippen LogP contribution in [0.4, 0.5) is 0 Å². The number of hydrogen-bond acceptors (Lipinski definition) is 4. The van der Waals surface area contributed by atoms with Gasteiger partial charge >= 0.3 is 5.91 Å². The van der Waals surface area contributed by atoms with Crippen LogP contribution in [0.25, 0.3) is 0 Å². The molecule has 3 aromatic heterocycles. The number of rotatable bonds is 5. The molecule has 1 amide bonds. The molecule has 0 atom stereocenters. The summed E-state index contributed by atoms with van der Waals surface area (Å²) in [6, 6.07) is 12.3. The minimum absolute atomic E-state index is 0.102. The first-order valence-corrected chi connectivity index (χ1v) is 7.64. The standard InChI is InChI=1S/C16H14N2O3S/c19-16(15-7-1-2-8-18(15)20)17(11-13-5-3-9-21-13)12-14-6-4-10-22-14/h1-10H,11-12H2. The van der Waals surface area contributed by atoms with Crippen molar-refractivity contribution < 1.29 is 13.9 Å². The highest BCUT2D eigenvalue weighted by molar-refractivity contribution is 7.09. The highest BCUT2D eigenvalue weighted by atomic mass is 32.1. The van der Waals surface area contributed by atoms with Gasteiger partial charge in [-0.15, -0.1) is 11.3 Å². The van der Waals surface area contributed by atoms with Crippen molar-refractivity contribution >= 4 is 17.2 Å². The molecular formula is C16H14N2O3S. The van der Waals surface area contributed by atoms with Crippen molar-refractivity contribution in [2.45, 2.75) is 13.1 Å². The van der Waals surface area contributed by atoms with Gasteiger partial charge < -0.3 is 14.5 Å². The minimum Gasteiger partial charge on any atom is -0.618 e. The maximum atomic E-state index is 12.7. The Balaban J connectivity index is 1.87. The Morgan fingerprint density at radius 2 is 2.09 bits per heavy atom. The van der Waals surface area contributed by atoms with Crippen LogP contribution in [0.15, 0.2) is 64.7 Å². The highest BCUT2D eigenvalue weighted by Gasteiger charge is 2.24. The molecule has 0 N–H and O–H groups in total. The summed E-state index contributed by atoms with van der Waals surface area (Å²) in [5, 5.41) is 13.8. The highest BCUT2D eigenvalue weighted by Crippen LogP contribution is 2.16. The van der Waals surface area contributed by atoms with Crippen LogP contribution in [0.2, 0.25) is 0 Å². The zero-order valence-electron chi connectivity index (χ0n) is 11.7. The number of aromatic nitrogens is 1. The van der Waals surface area contributed by atoms with Gasteiger partial charge in [0.25, 0.3) is 5.69 Å². The number of amides is 1. The number of hydrogen-bond donors (Lipinski definition) is 0. The largest absolute Gasteiger partial charge is 0.618 e. The van der Waals surface area contributed by atoms with Gasteiger partial charge in [0, 0.05) is 17.0 Å². The number of pyridine rings is 1. The smallest absolute Gasteiger partial charge is 0.320 e. The molecule has 3 heterocycles.